The fraction of sp³-hybridized carbons (Fsp3) is 0.765. The highest BCUT2D eigenvalue weighted by Crippen LogP contribution is 2.48. The standard InChI is InChI=1S/C17H33N8S2/c1-13-14(2)23-17(27-16(21-23)19-10-12-25(6,7)8)22(13)20-15(26-17)18-9-11-24(3,4)5/h9-12H2,1-8H3,(H,18,20)/q+3/p+1. The number of nitrogens with zero attached hydrogens (tertiary/aromatic N) is 6. The highest BCUT2D eigenvalue weighted by Gasteiger charge is 2.74. The average molecular weight is 415 g/mol. The summed E-state index contributed by atoms with van der Waals surface area (Å²) in [7, 11) is 13.2. The van der Waals surface area contributed by atoms with Crippen molar-refractivity contribution in [3.63, 3.8) is 0 Å². The molecular formula is C17H34N8S2+4. The number of thioether (sulfide) groups is 2. The molecule has 0 unspecified atom stereocenters. The quantitative estimate of drug-likeness (QED) is 0.481. The molecule has 1 spiro atoms. The van der Waals surface area contributed by atoms with Gasteiger partial charge in [-0.05, 0) is 9.37 Å². The van der Waals surface area contributed by atoms with Gasteiger partial charge in [-0.3, -0.25) is 9.98 Å². The first-order valence-electron chi connectivity index (χ1n) is 9.30. The summed E-state index contributed by atoms with van der Waals surface area (Å²) in [6, 6.07) is 0. The van der Waals surface area contributed by atoms with Crippen LogP contribution in [0.5, 0.6) is 0 Å². The molecule has 0 aromatic heterocycles. The van der Waals surface area contributed by atoms with Gasteiger partial charge in [0.1, 0.15) is 0 Å². The maximum absolute atomic E-state index is 4.80. The number of hydrogen-bond donors (Lipinski definition) is 2. The SMILES string of the molecule is CC1=[N+]2NC(=NCC[N+](C)(C)C)SC23SC(=NCC[N+](C)(C)C)N[N+]3=C1C. The van der Waals surface area contributed by atoms with Crippen molar-refractivity contribution in [2.45, 2.75) is 18.2 Å². The summed E-state index contributed by atoms with van der Waals surface area (Å²) in [6.07, 6.45) is 0. The zero-order valence-electron chi connectivity index (χ0n) is 17.8. The van der Waals surface area contributed by atoms with Crippen LogP contribution in [0.3, 0.4) is 0 Å². The summed E-state index contributed by atoms with van der Waals surface area (Å²) < 4.78 is 5.97. The molecule has 27 heavy (non-hydrogen) atoms. The highest BCUT2D eigenvalue weighted by atomic mass is 32.2. The number of hydrazine groups is 2. The number of hydrogen-bond acceptors (Lipinski definition) is 4. The average Bonchev–Trinajstić information content (AvgIpc) is 3.09. The minimum Gasteiger partial charge on any atom is -0.329 e. The molecule has 0 aromatic carbocycles. The van der Waals surface area contributed by atoms with Gasteiger partial charge in [0, 0.05) is 13.8 Å². The number of quaternary nitrogens is 2. The molecule has 0 saturated carbocycles. The van der Waals surface area contributed by atoms with E-state index in [0.717, 1.165) is 45.5 Å². The Labute approximate surface area is 171 Å². The summed E-state index contributed by atoms with van der Waals surface area (Å²) in [5.41, 5.74) is 9.43. The van der Waals surface area contributed by atoms with E-state index in [2.05, 4.69) is 76.4 Å². The Morgan fingerprint density at radius 2 is 1.15 bits per heavy atom. The van der Waals surface area contributed by atoms with Crippen LogP contribution in [0.15, 0.2) is 9.98 Å². The molecule has 0 amide bonds. The maximum Gasteiger partial charge on any atom is 0.518 e. The molecule has 150 valence electrons. The van der Waals surface area contributed by atoms with Gasteiger partial charge >= 0.3 is 4.33 Å². The lowest BCUT2D eigenvalue weighted by Crippen LogP contribution is -2.42. The van der Waals surface area contributed by atoms with E-state index in [1.807, 2.05) is 0 Å². The number of hydrazone groups is 2. The van der Waals surface area contributed by atoms with Gasteiger partial charge in [0.25, 0.3) is 11.4 Å². The van der Waals surface area contributed by atoms with Crippen molar-refractivity contribution in [3.8, 4) is 0 Å². The summed E-state index contributed by atoms with van der Waals surface area (Å²) >= 11 is 3.52. The van der Waals surface area contributed by atoms with Crippen LogP contribution in [0, 0.1) is 0 Å². The molecule has 8 nitrogen and oxygen atoms in total. The zero-order valence-corrected chi connectivity index (χ0v) is 19.5. The summed E-state index contributed by atoms with van der Waals surface area (Å²) in [4.78, 5) is 9.61. The lowest BCUT2D eigenvalue weighted by atomic mass is 10.3. The number of amidine groups is 2. The molecule has 0 bridgehead atoms. The second-order valence-corrected chi connectivity index (χ2v) is 11.8. The third-order valence-electron chi connectivity index (χ3n) is 4.69. The van der Waals surface area contributed by atoms with Gasteiger partial charge < -0.3 is 8.97 Å². The zero-order chi connectivity index (χ0) is 20.0. The van der Waals surface area contributed by atoms with Crippen LogP contribution in [0.25, 0.3) is 0 Å². The maximum atomic E-state index is 4.80. The molecule has 2 saturated heterocycles. The van der Waals surface area contributed by atoms with E-state index in [1.165, 1.54) is 11.4 Å². The highest BCUT2D eigenvalue weighted by molar-refractivity contribution is 8.30. The fourth-order valence-electron chi connectivity index (χ4n) is 2.89. The minimum absolute atomic E-state index is 0.307. The lowest BCUT2D eigenvalue weighted by Gasteiger charge is -2.22. The van der Waals surface area contributed by atoms with Crippen molar-refractivity contribution in [1.82, 2.24) is 10.9 Å². The van der Waals surface area contributed by atoms with Gasteiger partial charge in [-0.25, -0.2) is 0 Å². The van der Waals surface area contributed by atoms with Crippen LogP contribution in [0.4, 0.5) is 0 Å². The van der Waals surface area contributed by atoms with Gasteiger partial charge in [-0.15, -0.1) is 10.9 Å². The van der Waals surface area contributed by atoms with Crippen LogP contribution in [-0.2, 0) is 0 Å². The number of likely N-dealkylation sites (N-methyl/N-ethyl adjacent to an activating group) is 2. The van der Waals surface area contributed by atoms with E-state index in [4.69, 9.17) is 9.98 Å². The third kappa shape index (κ3) is 4.33. The Morgan fingerprint density at radius 1 is 0.778 bits per heavy atom. The van der Waals surface area contributed by atoms with Crippen molar-refractivity contribution in [3.05, 3.63) is 0 Å². The summed E-state index contributed by atoms with van der Waals surface area (Å²) in [5.74, 6) is 0. The molecule has 3 heterocycles. The van der Waals surface area contributed by atoms with Crippen LogP contribution in [0.1, 0.15) is 13.8 Å². The molecule has 10 heteroatoms. The largest absolute Gasteiger partial charge is 0.518 e. The van der Waals surface area contributed by atoms with E-state index in [0.29, 0.717) is 0 Å². The Hall–Kier alpha value is -1.10. The molecule has 2 fully saturated rings. The number of nitrogens with one attached hydrogen (secondary N) is 2. The second kappa shape index (κ2) is 7.06. The van der Waals surface area contributed by atoms with Crippen LogP contribution >= 0.6 is 23.5 Å². The fourth-order valence-corrected chi connectivity index (χ4v) is 5.71. The molecule has 3 rings (SSSR count). The van der Waals surface area contributed by atoms with Crippen LogP contribution in [-0.4, -0.2) is 113 Å². The van der Waals surface area contributed by atoms with Gasteiger partial charge in [0.2, 0.25) is 10.3 Å². The smallest absolute Gasteiger partial charge is 0.329 e. The Bertz CT molecular complexity index is 688. The normalized spacial score (nSPS) is 28.1. The predicted octanol–water partition coefficient (Wildman–Crippen LogP) is 0.185. The second-order valence-electron chi connectivity index (χ2n) is 9.22. The van der Waals surface area contributed by atoms with E-state index in [-0.39, 0.29) is 4.33 Å². The molecule has 0 radical (unpaired) electrons. The monoisotopic (exact) mass is 414 g/mol. The molecule has 0 atom stereocenters. The van der Waals surface area contributed by atoms with Gasteiger partial charge in [-0.1, -0.05) is 0 Å². The minimum atomic E-state index is -0.307. The van der Waals surface area contributed by atoms with E-state index in [1.54, 1.807) is 23.5 Å². The molecule has 0 aliphatic carbocycles. The van der Waals surface area contributed by atoms with Crippen LogP contribution in [0.2, 0.25) is 0 Å². The lowest BCUT2D eigenvalue weighted by molar-refractivity contribution is -0.868. The Morgan fingerprint density at radius 3 is 1.48 bits per heavy atom. The first-order valence-corrected chi connectivity index (χ1v) is 10.9. The van der Waals surface area contributed by atoms with Crippen molar-refractivity contribution in [2.75, 3.05) is 68.5 Å². The topological polar surface area (TPSA) is 54.8 Å². The summed E-state index contributed by atoms with van der Waals surface area (Å²) in [6.45, 7) is 7.95. The van der Waals surface area contributed by atoms with Gasteiger partial charge in [-0.2, -0.15) is 0 Å². The number of rotatable bonds is 6. The molecule has 0 aromatic rings. The van der Waals surface area contributed by atoms with E-state index < -0.39 is 0 Å². The summed E-state index contributed by atoms with van der Waals surface area (Å²) in [5, 5.41) is 1.95. The predicted molar refractivity (Wildman–Crippen MR) is 116 cm³/mol. The van der Waals surface area contributed by atoms with Crippen molar-refractivity contribution >= 4 is 45.3 Å². The molecule has 3 aliphatic rings. The molecule has 2 N–H and O–H groups in total. The Kier molecular flexibility index (Phi) is 5.39. The van der Waals surface area contributed by atoms with Gasteiger partial charge in [0.05, 0.1) is 92.0 Å². The molecular weight excluding hydrogens is 380 g/mol. The first-order chi connectivity index (χ1) is 12.4. The third-order valence-corrected chi connectivity index (χ3v) is 7.28. The van der Waals surface area contributed by atoms with E-state index in [9.17, 15) is 0 Å². The van der Waals surface area contributed by atoms with Crippen molar-refractivity contribution in [1.29, 1.82) is 0 Å². The first kappa shape index (κ1) is 20.6. The van der Waals surface area contributed by atoms with E-state index >= 15 is 0 Å². The van der Waals surface area contributed by atoms with Gasteiger partial charge in [0.15, 0.2) is 0 Å². The van der Waals surface area contributed by atoms with Crippen molar-refractivity contribution in [2.24, 2.45) is 9.98 Å². The number of aliphatic imine (C=N–C) groups is 2. The van der Waals surface area contributed by atoms with Crippen molar-refractivity contribution < 1.29 is 18.3 Å². The Balaban J connectivity index is 1.76. The molecule has 3 aliphatic heterocycles. The van der Waals surface area contributed by atoms with Crippen LogP contribution < -0.4 is 10.9 Å².